The van der Waals surface area contributed by atoms with E-state index in [0.717, 1.165) is 11.1 Å². The Morgan fingerprint density at radius 1 is 0.722 bits per heavy atom. The van der Waals surface area contributed by atoms with Gasteiger partial charge in [0.05, 0.1) is 45.4 Å². The van der Waals surface area contributed by atoms with Gasteiger partial charge in [-0.1, -0.05) is 121 Å². The summed E-state index contributed by atoms with van der Waals surface area (Å²) in [5.74, 6) is -4.83. The van der Waals surface area contributed by atoms with Crippen LogP contribution in [0.15, 0.2) is 132 Å². The number of carbonyl (C=O) groups is 4. The highest BCUT2D eigenvalue weighted by molar-refractivity contribution is 7.60. The minimum Gasteiger partial charge on any atom is -0.468 e. The normalized spacial score (nSPS) is 17.9. The molecule has 8 unspecified atom stereocenters. The van der Waals surface area contributed by atoms with Gasteiger partial charge in [-0.2, -0.15) is 4.98 Å². The maximum Gasteiger partial charge on any atom is 0.323 e. The van der Waals surface area contributed by atoms with Crippen molar-refractivity contribution in [1.29, 1.82) is 0 Å². The van der Waals surface area contributed by atoms with E-state index in [1.54, 1.807) is 74.5 Å². The van der Waals surface area contributed by atoms with Crippen LogP contribution in [0.4, 0.5) is 5.95 Å². The summed E-state index contributed by atoms with van der Waals surface area (Å²) in [4.78, 5) is 80.9. The Morgan fingerprint density at radius 3 is 1.70 bits per heavy atom. The fourth-order valence-corrected chi connectivity index (χ4v) is 13.9. The van der Waals surface area contributed by atoms with Crippen LogP contribution in [0.1, 0.15) is 55.5 Å². The molecule has 1 amide bonds. The number of fused-ring (bicyclic) bond motifs is 1. The smallest absolute Gasteiger partial charge is 0.323 e. The van der Waals surface area contributed by atoms with Gasteiger partial charge in [-0.05, 0) is 68.7 Å². The van der Waals surface area contributed by atoms with E-state index in [1.807, 2.05) is 67.6 Å². The number of aromatic nitrogens is 4. The number of hydrogen-bond acceptors (Lipinski definition) is 15. The molecule has 7 rings (SSSR count). The first-order valence-corrected chi connectivity index (χ1v) is 29.8. The second-order valence-corrected chi connectivity index (χ2v) is 24.1. The van der Waals surface area contributed by atoms with E-state index in [4.69, 9.17) is 24.7 Å². The lowest BCUT2D eigenvalue weighted by molar-refractivity contribution is -0.146. The molecule has 0 radical (unpaired) electrons. The number of methoxy groups -OCH3 is 1. The molecule has 8 N–H and O–H groups in total. The highest BCUT2D eigenvalue weighted by Gasteiger charge is 2.44. The molecule has 422 valence electrons. The van der Waals surface area contributed by atoms with E-state index >= 15 is 9.13 Å². The Balaban J connectivity index is 1.18. The molecule has 22 nitrogen and oxygen atoms in total. The van der Waals surface area contributed by atoms with Gasteiger partial charge in [-0.3, -0.25) is 43.2 Å². The van der Waals surface area contributed by atoms with E-state index in [0.29, 0.717) is 17.5 Å². The minimum absolute atomic E-state index is 0.0120. The standard InChI is InChI=1S/C55H70N10O12P2/c1-5-75-53(70)43(31-40-23-15-9-16-24-40)61-78(72,60-37(3)29-38-19-11-7-12-20-38)28-27-47(66)64-33-45(65-36-57-49-50(65)58-55(56)59-51(49)68)46(34-64)77-35-48(67)79(73,62-42(52(69)74-4)30-39-21-13-8-14-22-39)63-44(54(71)76-6-2)32-41-25-17-10-18-26-41/h7-26,36-37,42-46,48,67H,5-6,27-35H2,1-4H3,(H2,60,61,72)(H2,62,63,73)(H3,56,58,59,68)/t37?,42?,43?,44?,45?,46-,48?,78?,79?/m1/s1. The van der Waals surface area contributed by atoms with Crippen molar-refractivity contribution in [3.63, 3.8) is 0 Å². The summed E-state index contributed by atoms with van der Waals surface area (Å²) in [5, 5.41) is 24.3. The SMILES string of the molecule is CCOC(=O)C(Cc1ccccc1)NP(=O)(CCC(=O)N1CC(n2cnc3c(=O)[nH]c(N)nc32)[C@H](OCC(O)P(=O)(NC(Cc2ccccc2)C(=O)OC)NC(Cc2ccccc2)C(=O)OCC)C1)NC(C)Cc1ccccc1. The Kier molecular flexibility index (Phi) is 21.4. The number of aliphatic hydroxyl groups is 1. The van der Waals surface area contributed by atoms with Crippen LogP contribution < -0.4 is 31.6 Å². The Hall–Kier alpha value is -6.87. The quantitative estimate of drug-likeness (QED) is 0.0190. The van der Waals surface area contributed by atoms with Crippen LogP contribution in [0.5, 0.6) is 0 Å². The molecule has 6 aromatic rings. The summed E-state index contributed by atoms with van der Waals surface area (Å²) in [6, 6.07) is 31.6. The van der Waals surface area contributed by atoms with E-state index in [1.165, 1.54) is 22.9 Å². The topological polar surface area (TPSA) is 301 Å². The lowest BCUT2D eigenvalue weighted by Crippen LogP contribution is -2.49. The molecule has 1 aliphatic rings. The van der Waals surface area contributed by atoms with Gasteiger partial charge in [0.1, 0.15) is 18.1 Å². The van der Waals surface area contributed by atoms with Crippen LogP contribution in [0, 0.1) is 0 Å². The Morgan fingerprint density at radius 2 is 1.20 bits per heavy atom. The van der Waals surface area contributed by atoms with Crippen molar-refractivity contribution in [2.24, 2.45) is 0 Å². The van der Waals surface area contributed by atoms with Gasteiger partial charge in [0.25, 0.3) is 5.56 Å². The maximum atomic E-state index is 15.6. The van der Waals surface area contributed by atoms with Crippen LogP contribution in [0.25, 0.3) is 11.2 Å². The average Bonchev–Trinajstić information content (AvgIpc) is 4.20. The third kappa shape index (κ3) is 16.6. The number of hydrogen-bond donors (Lipinski definition) is 7. The molecule has 1 saturated heterocycles. The number of nitrogens with two attached hydrogens (primary N) is 1. The number of amides is 1. The van der Waals surface area contributed by atoms with Crippen molar-refractivity contribution < 1.29 is 52.4 Å². The molecular weight excluding hydrogens is 1050 g/mol. The zero-order valence-corrected chi connectivity index (χ0v) is 46.4. The number of nitrogens with zero attached hydrogens (tertiary/aromatic N) is 4. The predicted octanol–water partition coefficient (Wildman–Crippen LogP) is 4.69. The lowest BCUT2D eigenvalue weighted by atomic mass is 10.1. The Labute approximate surface area is 458 Å². The van der Waals surface area contributed by atoms with Crippen molar-refractivity contribution >= 4 is 55.8 Å². The summed E-state index contributed by atoms with van der Waals surface area (Å²) in [5.41, 5.74) is 8.52. The highest BCUT2D eigenvalue weighted by atomic mass is 31.2. The third-order valence-corrected chi connectivity index (χ3v) is 18.1. The third-order valence-electron chi connectivity index (χ3n) is 13.3. The molecule has 0 saturated carbocycles. The molecule has 24 heteroatoms. The number of rotatable bonds is 29. The number of nitrogens with one attached hydrogen (secondary N) is 5. The fraction of sp³-hybridized carbons (Fsp3) is 0.400. The van der Waals surface area contributed by atoms with Crippen LogP contribution in [-0.4, -0.2) is 136 Å². The van der Waals surface area contributed by atoms with Gasteiger partial charge in [0.2, 0.25) is 26.7 Å². The van der Waals surface area contributed by atoms with Crippen LogP contribution in [0.3, 0.4) is 0 Å². The first-order chi connectivity index (χ1) is 38.0. The number of H-pyrrole nitrogens is 1. The van der Waals surface area contributed by atoms with Gasteiger partial charge in [0.15, 0.2) is 17.0 Å². The van der Waals surface area contributed by atoms with Gasteiger partial charge in [0, 0.05) is 31.7 Å². The van der Waals surface area contributed by atoms with Crippen LogP contribution >= 0.6 is 14.9 Å². The Bertz CT molecular complexity index is 3120. The second-order valence-electron chi connectivity index (χ2n) is 19.2. The van der Waals surface area contributed by atoms with Gasteiger partial charge in [-0.25, -0.2) is 20.2 Å². The van der Waals surface area contributed by atoms with Crippen LogP contribution in [-0.2, 0) is 72.9 Å². The van der Waals surface area contributed by atoms with Crippen molar-refractivity contribution in [2.75, 3.05) is 51.9 Å². The van der Waals surface area contributed by atoms with Gasteiger partial charge < -0.3 is 39.3 Å². The summed E-state index contributed by atoms with van der Waals surface area (Å²) in [7, 11) is -7.26. The fourth-order valence-electron chi connectivity index (χ4n) is 9.49. The molecular formula is C55H70N10O12P2. The molecule has 79 heavy (non-hydrogen) atoms. The highest BCUT2D eigenvalue weighted by Crippen LogP contribution is 2.44. The monoisotopic (exact) mass is 1120 g/mol. The number of likely N-dealkylation sites (tertiary alicyclic amines) is 1. The first-order valence-electron chi connectivity index (χ1n) is 26.2. The summed E-state index contributed by atoms with van der Waals surface area (Å²) in [6.07, 6.45) is 0.366. The number of imidazole rings is 1. The molecule has 2 aromatic heterocycles. The minimum atomic E-state index is -4.60. The van der Waals surface area contributed by atoms with Crippen molar-refractivity contribution in [2.45, 2.75) is 95.0 Å². The number of carbonyl (C=O) groups excluding carboxylic acids is 4. The zero-order valence-electron chi connectivity index (χ0n) is 44.6. The van der Waals surface area contributed by atoms with Gasteiger partial charge >= 0.3 is 17.9 Å². The van der Waals surface area contributed by atoms with Crippen molar-refractivity contribution in [3.05, 3.63) is 160 Å². The molecule has 3 heterocycles. The number of aliphatic hydroxyl groups excluding tert-OH is 1. The summed E-state index contributed by atoms with van der Waals surface area (Å²) < 4.78 is 55.0. The molecule has 1 fully saturated rings. The lowest BCUT2D eigenvalue weighted by Gasteiger charge is -2.32. The second kappa shape index (κ2) is 28.3. The predicted molar refractivity (Wildman–Crippen MR) is 298 cm³/mol. The molecule has 1 aliphatic heterocycles. The first kappa shape index (κ1) is 59.8. The maximum absolute atomic E-state index is 15.6. The van der Waals surface area contributed by atoms with E-state index in [-0.39, 0.29) is 81.3 Å². The number of benzene rings is 4. The summed E-state index contributed by atoms with van der Waals surface area (Å²) in [6.45, 7) is 4.31. The van der Waals surface area contributed by atoms with Gasteiger partial charge in [-0.15, -0.1) is 0 Å². The van der Waals surface area contributed by atoms with E-state index < -0.39 is 87.0 Å². The molecule has 9 atom stereocenters. The molecule has 0 spiro atoms. The van der Waals surface area contributed by atoms with E-state index in [9.17, 15) is 29.1 Å². The summed E-state index contributed by atoms with van der Waals surface area (Å²) >= 11 is 0. The zero-order chi connectivity index (χ0) is 56.5. The van der Waals surface area contributed by atoms with Crippen molar-refractivity contribution in [3.8, 4) is 0 Å². The number of aromatic amines is 1. The van der Waals surface area contributed by atoms with E-state index in [2.05, 4.69) is 35.3 Å². The van der Waals surface area contributed by atoms with Crippen LogP contribution in [0.2, 0.25) is 0 Å². The molecule has 0 aliphatic carbocycles. The average molecular weight is 1130 g/mol. The number of esters is 3. The van der Waals surface area contributed by atoms with Crippen molar-refractivity contribution in [1.82, 2.24) is 44.8 Å². The number of ether oxygens (including phenoxy) is 4. The number of anilines is 1. The largest absolute Gasteiger partial charge is 0.468 e. The molecule has 0 bridgehead atoms. The number of nitrogen functional groups attached to an aromatic ring is 1. The molecule has 4 aromatic carbocycles.